The van der Waals surface area contributed by atoms with Gasteiger partial charge in [-0.15, -0.1) is 0 Å². The van der Waals surface area contributed by atoms with E-state index in [2.05, 4.69) is 10.5 Å². The van der Waals surface area contributed by atoms with Gasteiger partial charge in [0.2, 0.25) is 5.82 Å². The van der Waals surface area contributed by atoms with Gasteiger partial charge in [-0.3, -0.25) is 9.63 Å². The van der Waals surface area contributed by atoms with Gasteiger partial charge in [-0.2, -0.15) is 0 Å². The van der Waals surface area contributed by atoms with Crippen LogP contribution in [0.2, 0.25) is 0 Å². The number of carbonyl (C=O) groups is 1. The van der Waals surface area contributed by atoms with E-state index in [9.17, 15) is 4.79 Å². The number of hydrogen-bond donors (Lipinski definition) is 1. The molecular formula is C10H15N3O2. The van der Waals surface area contributed by atoms with E-state index < -0.39 is 0 Å². The summed E-state index contributed by atoms with van der Waals surface area (Å²) in [5, 5.41) is 0. The van der Waals surface area contributed by atoms with Gasteiger partial charge in [-0.25, -0.2) is 10.5 Å². The maximum absolute atomic E-state index is 11.6. The predicted molar refractivity (Wildman–Crippen MR) is 54.0 cm³/mol. The smallest absolute Gasteiger partial charge is 0.310 e. The summed E-state index contributed by atoms with van der Waals surface area (Å²) in [7, 11) is 1.78. The van der Waals surface area contributed by atoms with Crippen molar-refractivity contribution in [3.05, 3.63) is 18.2 Å². The molecule has 15 heavy (non-hydrogen) atoms. The molecule has 1 heterocycles. The molecule has 1 aromatic rings. The van der Waals surface area contributed by atoms with Crippen molar-refractivity contribution in [3.8, 4) is 0 Å². The predicted octanol–water partition coefficient (Wildman–Crippen LogP) is 1.02. The molecule has 82 valence electrons. The highest BCUT2D eigenvalue weighted by molar-refractivity contribution is 5.89. The third-order valence-corrected chi connectivity index (χ3v) is 2.64. The first-order valence-electron chi connectivity index (χ1n) is 5.20. The lowest BCUT2D eigenvalue weighted by Gasteiger charge is -2.10. The van der Waals surface area contributed by atoms with E-state index >= 15 is 0 Å². The minimum atomic E-state index is -0.283. The summed E-state index contributed by atoms with van der Waals surface area (Å²) in [6.45, 7) is 0. The van der Waals surface area contributed by atoms with E-state index in [4.69, 9.17) is 4.84 Å². The fourth-order valence-corrected chi connectivity index (χ4v) is 1.77. The Morgan fingerprint density at radius 3 is 2.93 bits per heavy atom. The van der Waals surface area contributed by atoms with Crippen LogP contribution in [-0.2, 0) is 11.9 Å². The topological polar surface area (TPSA) is 56.2 Å². The first-order valence-corrected chi connectivity index (χ1v) is 5.20. The molecule has 0 atom stereocenters. The second-order valence-corrected chi connectivity index (χ2v) is 3.82. The highest BCUT2D eigenvalue weighted by atomic mass is 16.7. The van der Waals surface area contributed by atoms with Crippen molar-refractivity contribution in [1.29, 1.82) is 0 Å². The fraction of sp³-hybridized carbons (Fsp3) is 0.600. The minimum absolute atomic E-state index is 0.175. The quantitative estimate of drug-likeness (QED) is 0.756. The van der Waals surface area contributed by atoms with Crippen LogP contribution in [0.3, 0.4) is 0 Å². The van der Waals surface area contributed by atoms with Crippen LogP contribution >= 0.6 is 0 Å². The highest BCUT2D eigenvalue weighted by Crippen LogP contribution is 2.19. The number of hydroxylamine groups is 1. The number of amides is 1. The van der Waals surface area contributed by atoms with E-state index in [1.807, 2.05) is 0 Å². The molecule has 2 rings (SSSR count). The van der Waals surface area contributed by atoms with Gasteiger partial charge >= 0.3 is 5.91 Å². The van der Waals surface area contributed by atoms with E-state index in [1.165, 1.54) is 12.8 Å². The van der Waals surface area contributed by atoms with Crippen molar-refractivity contribution in [2.75, 3.05) is 0 Å². The van der Waals surface area contributed by atoms with Crippen molar-refractivity contribution >= 4 is 5.91 Å². The Kier molecular flexibility index (Phi) is 3.01. The van der Waals surface area contributed by atoms with Gasteiger partial charge in [0.05, 0.1) is 6.10 Å². The molecule has 0 aromatic carbocycles. The largest absolute Gasteiger partial charge is 0.330 e. The number of aromatic nitrogens is 2. The zero-order valence-corrected chi connectivity index (χ0v) is 8.77. The average molecular weight is 209 g/mol. The number of nitrogens with zero attached hydrogens (tertiary/aromatic N) is 2. The zero-order chi connectivity index (χ0) is 10.7. The molecule has 5 nitrogen and oxygen atoms in total. The summed E-state index contributed by atoms with van der Waals surface area (Å²) in [5.74, 6) is 0.0856. The summed E-state index contributed by atoms with van der Waals surface area (Å²) in [4.78, 5) is 20.8. The number of imidazole rings is 1. The van der Waals surface area contributed by atoms with E-state index in [0.717, 1.165) is 12.8 Å². The molecule has 0 bridgehead atoms. The zero-order valence-electron chi connectivity index (χ0n) is 8.77. The lowest BCUT2D eigenvalue weighted by Crippen LogP contribution is -2.30. The Labute approximate surface area is 88.4 Å². The Morgan fingerprint density at radius 2 is 2.33 bits per heavy atom. The van der Waals surface area contributed by atoms with E-state index in [-0.39, 0.29) is 12.0 Å². The Bertz CT molecular complexity index is 342. The molecule has 1 amide bonds. The molecule has 1 N–H and O–H groups in total. The maximum atomic E-state index is 11.6. The van der Waals surface area contributed by atoms with Crippen molar-refractivity contribution in [2.45, 2.75) is 31.8 Å². The molecule has 0 radical (unpaired) electrons. The monoisotopic (exact) mass is 209 g/mol. The Morgan fingerprint density at radius 1 is 1.60 bits per heavy atom. The first-order chi connectivity index (χ1) is 7.27. The average Bonchev–Trinajstić information content (AvgIpc) is 2.84. The van der Waals surface area contributed by atoms with Gasteiger partial charge in [0.1, 0.15) is 0 Å². The lowest BCUT2D eigenvalue weighted by molar-refractivity contribution is -0.0132. The molecule has 0 aliphatic heterocycles. The van der Waals surface area contributed by atoms with Gasteiger partial charge in [-0.1, -0.05) is 12.8 Å². The van der Waals surface area contributed by atoms with Crippen molar-refractivity contribution in [1.82, 2.24) is 15.0 Å². The summed E-state index contributed by atoms with van der Waals surface area (Å²) in [6.07, 6.45) is 7.91. The Balaban J connectivity index is 1.84. The number of carbonyl (C=O) groups excluding carboxylic acids is 1. The van der Waals surface area contributed by atoms with Gasteiger partial charge < -0.3 is 4.57 Å². The molecule has 0 unspecified atom stereocenters. The minimum Gasteiger partial charge on any atom is -0.330 e. The summed E-state index contributed by atoms with van der Waals surface area (Å²) in [6, 6.07) is 0. The van der Waals surface area contributed by atoms with E-state index in [1.54, 1.807) is 24.0 Å². The molecule has 5 heteroatoms. The standard InChI is InChI=1S/C10H15N3O2/c1-13-7-6-11-9(13)10(14)12-15-8-4-2-3-5-8/h6-8H,2-5H2,1H3,(H,12,14). The van der Waals surface area contributed by atoms with Crippen LogP contribution in [0.4, 0.5) is 0 Å². The lowest BCUT2D eigenvalue weighted by atomic mass is 10.3. The number of rotatable bonds is 3. The first kappa shape index (κ1) is 10.2. The van der Waals surface area contributed by atoms with Crippen LogP contribution in [0.25, 0.3) is 0 Å². The summed E-state index contributed by atoms with van der Waals surface area (Å²) < 4.78 is 1.66. The highest BCUT2D eigenvalue weighted by Gasteiger charge is 2.18. The van der Waals surface area contributed by atoms with Crippen molar-refractivity contribution in [3.63, 3.8) is 0 Å². The van der Waals surface area contributed by atoms with Crippen LogP contribution in [0, 0.1) is 0 Å². The second-order valence-electron chi connectivity index (χ2n) is 3.82. The van der Waals surface area contributed by atoms with Crippen LogP contribution in [0.1, 0.15) is 36.3 Å². The molecule has 1 aliphatic rings. The molecule has 1 fully saturated rings. The van der Waals surface area contributed by atoms with E-state index in [0.29, 0.717) is 5.82 Å². The second kappa shape index (κ2) is 4.44. The van der Waals surface area contributed by atoms with Gasteiger partial charge in [0.15, 0.2) is 0 Å². The molecule has 1 saturated carbocycles. The summed E-state index contributed by atoms with van der Waals surface area (Å²) in [5.41, 5.74) is 2.45. The van der Waals surface area contributed by atoms with Crippen LogP contribution in [0.15, 0.2) is 12.4 Å². The SMILES string of the molecule is Cn1ccnc1C(=O)NOC1CCCC1. The Hall–Kier alpha value is -1.36. The fourth-order valence-electron chi connectivity index (χ4n) is 1.77. The third kappa shape index (κ3) is 2.36. The molecule has 0 saturated heterocycles. The maximum Gasteiger partial charge on any atom is 0.310 e. The third-order valence-electron chi connectivity index (χ3n) is 2.64. The normalized spacial score (nSPS) is 16.9. The van der Waals surface area contributed by atoms with Gasteiger partial charge in [-0.05, 0) is 12.8 Å². The van der Waals surface area contributed by atoms with Crippen molar-refractivity contribution < 1.29 is 9.63 Å². The number of nitrogens with one attached hydrogen (secondary N) is 1. The molecular weight excluding hydrogens is 194 g/mol. The molecule has 1 aliphatic carbocycles. The van der Waals surface area contributed by atoms with Crippen LogP contribution in [-0.4, -0.2) is 21.6 Å². The molecule has 1 aromatic heterocycles. The number of hydrogen-bond acceptors (Lipinski definition) is 3. The van der Waals surface area contributed by atoms with Crippen LogP contribution < -0.4 is 5.48 Å². The summed E-state index contributed by atoms with van der Waals surface area (Å²) >= 11 is 0. The molecule has 0 spiro atoms. The van der Waals surface area contributed by atoms with Gasteiger partial charge in [0.25, 0.3) is 0 Å². The van der Waals surface area contributed by atoms with Gasteiger partial charge in [0, 0.05) is 19.4 Å². The van der Waals surface area contributed by atoms with Crippen molar-refractivity contribution in [2.24, 2.45) is 7.05 Å². The number of aryl methyl sites for hydroxylation is 1. The van der Waals surface area contributed by atoms with Crippen LogP contribution in [0.5, 0.6) is 0 Å².